The number of hydrogen-bond donors (Lipinski definition) is 1. The highest BCUT2D eigenvalue weighted by molar-refractivity contribution is 7.10. The molecule has 2 aromatic heterocycles. The van der Waals surface area contributed by atoms with Gasteiger partial charge in [-0.3, -0.25) is 9.69 Å². The summed E-state index contributed by atoms with van der Waals surface area (Å²) in [5.41, 5.74) is 8.33. The molecule has 0 spiro atoms. The molecule has 7 heteroatoms. The van der Waals surface area contributed by atoms with E-state index in [1.165, 1.54) is 16.0 Å². The molecular formula is C15H21N5OS. The predicted octanol–water partition coefficient (Wildman–Crippen LogP) is 1.89. The molecule has 0 aliphatic carbocycles. The van der Waals surface area contributed by atoms with Gasteiger partial charge in [-0.2, -0.15) is 0 Å². The van der Waals surface area contributed by atoms with Gasteiger partial charge in [0.15, 0.2) is 5.69 Å². The van der Waals surface area contributed by atoms with E-state index in [0.29, 0.717) is 6.04 Å². The second kappa shape index (κ2) is 6.18. The van der Waals surface area contributed by atoms with Crippen LogP contribution in [0.1, 0.15) is 45.4 Å². The fraction of sp³-hybridized carbons (Fsp3) is 0.533. The minimum absolute atomic E-state index is 0.242. The van der Waals surface area contributed by atoms with Crippen LogP contribution in [0.2, 0.25) is 0 Å². The van der Waals surface area contributed by atoms with E-state index in [1.54, 1.807) is 10.9 Å². The molecule has 2 N–H and O–H groups in total. The molecule has 6 nitrogen and oxygen atoms in total. The van der Waals surface area contributed by atoms with E-state index < -0.39 is 5.91 Å². The van der Waals surface area contributed by atoms with E-state index in [9.17, 15) is 4.79 Å². The SMILES string of the molecule is Cc1scc(CN2CCC(n3cc(C(N)=O)nn3)CC2)c1C. The van der Waals surface area contributed by atoms with Crippen LogP contribution in [0.3, 0.4) is 0 Å². The van der Waals surface area contributed by atoms with Gasteiger partial charge in [-0.15, -0.1) is 16.4 Å². The lowest BCUT2D eigenvalue weighted by atomic mass is 10.0. The van der Waals surface area contributed by atoms with Crippen LogP contribution in [-0.4, -0.2) is 38.9 Å². The molecule has 0 atom stereocenters. The Morgan fingerprint density at radius 1 is 1.41 bits per heavy atom. The molecule has 0 bridgehead atoms. The van der Waals surface area contributed by atoms with Crippen molar-refractivity contribution in [3.8, 4) is 0 Å². The van der Waals surface area contributed by atoms with Gasteiger partial charge < -0.3 is 5.73 Å². The first-order chi connectivity index (χ1) is 10.5. The maximum Gasteiger partial charge on any atom is 0.270 e. The van der Waals surface area contributed by atoms with Gasteiger partial charge in [0, 0.05) is 24.5 Å². The first kappa shape index (κ1) is 15.2. The Labute approximate surface area is 133 Å². The molecular weight excluding hydrogens is 298 g/mol. The number of likely N-dealkylation sites (tertiary alicyclic amines) is 1. The zero-order valence-electron chi connectivity index (χ0n) is 13.0. The van der Waals surface area contributed by atoms with Gasteiger partial charge in [-0.1, -0.05) is 5.21 Å². The quantitative estimate of drug-likeness (QED) is 0.933. The molecule has 0 aromatic carbocycles. The predicted molar refractivity (Wildman–Crippen MR) is 85.9 cm³/mol. The molecule has 1 saturated heterocycles. The molecule has 1 aliphatic rings. The lowest BCUT2D eigenvalue weighted by Crippen LogP contribution is -2.34. The first-order valence-electron chi connectivity index (χ1n) is 7.52. The van der Waals surface area contributed by atoms with E-state index >= 15 is 0 Å². The smallest absolute Gasteiger partial charge is 0.270 e. The normalized spacial score (nSPS) is 17.0. The van der Waals surface area contributed by atoms with Crippen LogP contribution in [0.25, 0.3) is 0 Å². The van der Waals surface area contributed by atoms with Crippen LogP contribution < -0.4 is 5.73 Å². The summed E-state index contributed by atoms with van der Waals surface area (Å²) in [7, 11) is 0. The Balaban J connectivity index is 1.58. The Kier molecular flexibility index (Phi) is 4.26. The molecule has 0 radical (unpaired) electrons. The number of piperidine rings is 1. The van der Waals surface area contributed by atoms with Gasteiger partial charge in [0.05, 0.1) is 12.2 Å². The number of aryl methyl sites for hydroxylation is 1. The average Bonchev–Trinajstić information content (AvgIpc) is 3.11. The summed E-state index contributed by atoms with van der Waals surface area (Å²) in [5, 5.41) is 10.1. The molecule has 2 aromatic rings. The number of hydrogen-bond acceptors (Lipinski definition) is 5. The number of aromatic nitrogens is 3. The van der Waals surface area contributed by atoms with Crippen molar-refractivity contribution in [2.45, 2.75) is 39.3 Å². The molecule has 118 valence electrons. The summed E-state index contributed by atoms with van der Waals surface area (Å²) in [6.07, 6.45) is 3.70. The third kappa shape index (κ3) is 3.05. The maximum absolute atomic E-state index is 11.1. The Morgan fingerprint density at radius 3 is 2.68 bits per heavy atom. The van der Waals surface area contributed by atoms with Crippen molar-refractivity contribution in [3.05, 3.63) is 33.3 Å². The third-order valence-corrected chi connectivity index (χ3v) is 5.54. The van der Waals surface area contributed by atoms with Crippen molar-refractivity contribution in [2.75, 3.05) is 13.1 Å². The second-order valence-corrected chi connectivity index (χ2v) is 6.98. The summed E-state index contributed by atoms with van der Waals surface area (Å²) in [6, 6.07) is 0.308. The highest BCUT2D eigenvalue weighted by Gasteiger charge is 2.23. The summed E-state index contributed by atoms with van der Waals surface area (Å²) in [5.74, 6) is -0.521. The standard InChI is InChI=1S/C15H21N5OS/c1-10-11(2)22-9-12(10)7-19-5-3-13(4-6-19)20-8-14(15(16)21)17-18-20/h8-9,13H,3-7H2,1-2H3,(H2,16,21). The van der Waals surface area contributed by atoms with Crippen molar-refractivity contribution < 1.29 is 4.79 Å². The van der Waals surface area contributed by atoms with Crippen molar-refractivity contribution in [1.82, 2.24) is 19.9 Å². The van der Waals surface area contributed by atoms with Gasteiger partial charge in [0.1, 0.15) is 0 Å². The van der Waals surface area contributed by atoms with Crippen molar-refractivity contribution in [3.63, 3.8) is 0 Å². The second-order valence-electron chi connectivity index (χ2n) is 5.90. The van der Waals surface area contributed by atoms with Crippen LogP contribution in [0.15, 0.2) is 11.6 Å². The fourth-order valence-electron chi connectivity index (χ4n) is 2.87. The number of nitrogens with two attached hydrogens (primary N) is 1. The molecule has 3 heterocycles. The first-order valence-corrected chi connectivity index (χ1v) is 8.40. The summed E-state index contributed by atoms with van der Waals surface area (Å²) in [6.45, 7) is 7.47. The third-order valence-electron chi connectivity index (χ3n) is 4.48. The zero-order chi connectivity index (χ0) is 15.7. The maximum atomic E-state index is 11.1. The molecule has 1 aliphatic heterocycles. The van der Waals surface area contributed by atoms with Gasteiger partial charge in [0.25, 0.3) is 5.91 Å². The monoisotopic (exact) mass is 319 g/mol. The Bertz CT molecular complexity index is 669. The van der Waals surface area contributed by atoms with Crippen molar-refractivity contribution in [1.29, 1.82) is 0 Å². The van der Waals surface area contributed by atoms with Crippen LogP contribution in [0, 0.1) is 13.8 Å². The van der Waals surface area contributed by atoms with Gasteiger partial charge >= 0.3 is 0 Å². The number of carbonyl (C=O) groups is 1. The van der Waals surface area contributed by atoms with Crippen LogP contribution >= 0.6 is 11.3 Å². The van der Waals surface area contributed by atoms with E-state index in [2.05, 4.69) is 34.4 Å². The van der Waals surface area contributed by atoms with Crippen molar-refractivity contribution >= 4 is 17.2 Å². The van der Waals surface area contributed by atoms with E-state index in [1.807, 2.05) is 11.3 Å². The van der Waals surface area contributed by atoms with Crippen LogP contribution in [-0.2, 0) is 6.54 Å². The Hall–Kier alpha value is -1.73. The minimum Gasteiger partial charge on any atom is -0.364 e. The topological polar surface area (TPSA) is 77.0 Å². The fourth-order valence-corrected chi connectivity index (χ4v) is 3.75. The van der Waals surface area contributed by atoms with Gasteiger partial charge in [-0.05, 0) is 43.2 Å². The van der Waals surface area contributed by atoms with E-state index in [0.717, 1.165) is 32.5 Å². The highest BCUT2D eigenvalue weighted by atomic mass is 32.1. The Morgan fingerprint density at radius 2 is 2.14 bits per heavy atom. The molecule has 0 saturated carbocycles. The lowest BCUT2D eigenvalue weighted by molar-refractivity contribution is 0.0995. The number of nitrogens with zero attached hydrogens (tertiary/aromatic N) is 4. The van der Waals surface area contributed by atoms with Gasteiger partial charge in [-0.25, -0.2) is 4.68 Å². The van der Waals surface area contributed by atoms with Crippen LogP contribution in [0.4, 0.5) is 0 Å². The molecule has 22 heavy (non-hydrogen) atoms. The van der Waals surface area contributed by atoms with Gasteiger partial charge in [0.2, 0.25) is 0 Å². The molecule has 1 fully saturated rings. The summed E-state index contributed by atoms with van der Waals surface area (Å²) in [4.78, 5) is 15.0. The van der Waals surface area contributed by atoms with Crippen molar-refractivity contribution in [2.24, 2.45) is 5.73 Å². The molecule has 3 rings (SSSR count). The molecule has 1 amide bonds. The summed E-state index contributed by atoms with van der Waals surface area (Å²) >= 11 is 1.83. The zero-order valence-corrected chi connectivity index (χ0v) is 13.8. The number of rotatable bonds is 4. The van der Waals surface area contributed by atoms with E-state index in [4.69, 9.17) is 5.73 Å². The van der Waals surface area contributed by atoms with Crippen LogP contribution in [0.5, 0.6) is 0 Å². The average molecular weight is 319 g/mol. The minimum atomic E-state index is -0.521. The number of thiophene rings is 1. The largest absolute Gasteiger partial charge is 0.364 e. The molecule has 0 unspecified atom stereocenters. The number of primary amides is 1. The number of carbonyl (C=O) groups excluding carboxylic acids is 1. The highest BCUT2D eigenvalue weighted by Crippen LogP contribution is 2.26. The summed E-state index contributed by atoms with van der Waals surface area (Å²) < 4.78 is 1.79. The van der Waals surface area contributed by atoms with E-state index in [-0.39, 0.29) is 5.69 Å². The number of amides is 1. The lowest BCUT2D eigenvalue weighted by Gasteiger charge is -2.31.